The first-order valence-electron chi connectivity index (χ1n) is 7.71. The van der Waals surface area contributed by atoms with Crippen molar-refractivity contribution in [2.75, 3.05) is 13.6 Å². The van der Waals surface area contributed by atoms with Crippen LogP contribution >= 0.6 is 0 Å². The summed E-state index contributed by atoms with van der Waals surface area (Å²) in [6.45, 7) is 1.17. The Morgan fingerprint density at radius 3 is 2.42 bits per heavy atom. The van der Waals surface area contributed by atoms with Crippen LogP contribution in [-0.4, -0.2) is 36.1 Å². The minimum atomic E-state index is -4.51. The van der Waals surface area contributed by atoms with Crippen molar-refractivity contribution in [2.24, 2.45) is 5.92 Å². The Morgan fingerprint density at radius 2 is 1.96 bits per heavy atom. The molecule has 4 nitrogen and oxygen atoms in total. The number of benzene rings is 1. The van der Waals surface area contributed by atoms with Gasteiger partial charge in [0.2, 0.25) is 5.91 Å². The Kier molecular flexibility index (Phi) is 5.19. The average molecular weight is 339 g/mol. The lowest BCUT2D eigenvalue weighted by atomic mass is 9.98. The Bertz CT molecular complexity index is 622. The van der Waals surface area contributed by atoms with Crippen molar-refractivity contribution >= 4 is 5.91 Å². The fourth-order valence-electron chi connectivity index (χ4n) is 2.86. The molecule has 1 amide bonds. The summed E-state index contributed by atoms with van der Waals surface area (Å²) >= 11 is 0. The molecule has 1 aromatic carbocycles. The van der Waals surface area contributed by atoms with Gasteiger partial charge in [-0.15, -0.1) is 0 Å². The maximum absolute atomic E-state index is 13.4. The standard InChI is InChI=1S/C17H20F3N3O/c1-16(11-21,13-8-9-13)22-14(24)10-23(2)15(17(18,19)20)12-6-4-3-5-7-12/h3-7,13,15H,8-10H2,1-2H3,(H,22,24)/t15-,16-/m1/s1. The van der Waals surface area contributed by atoms with Gasteiger partial charge in [0, 0.05) is 0 Å². The quantitative estimate of drug-likeness (QED) is 0.867. The number of amides is 1. The molecule has 0 radical (unpaired) electrons. The van der Waals surface area contributed by atoms with Crippen molar-refractivity contribution in [3.05, 3.63) is 35.9 Å². The molecule has 7 heteroatoms. The van der Waals surface area contributed by atoms with Crippen LogP contribution in [0.3, 0.4) is 0 Å². The van der Waals surface area contributed by atoms with Crippen LogP contribution < -0.4 is 5.32 Å². The second-order valence-electron chi connectivity index (χ2n) is 6.41. The first-order valence-corrected chi connectivity index (χ1v) is 7.71. The predicted octanol–water partition coefficient (Wildman–Crippen LogP) is 3.03. The van der Waals surface area contributed by atoms with E-state index in [0.29, 0.717) is 0 Å². The zero-order chi connectivity index (χ0) is 18.0. The van der Waals surface area contributed by atoms with Gasteiger partial charge in [-0.1, -0.05) is 30.3 Å². The van der Waals surface area contributed by atoms with E-state index >= 15 is 0 Å². The van der Waals surface area contributed by atoms with Gasteiger partial charge in [-0.05, 0) is 38.3 Å². The van der Waals surface area contributed by atoms with Gasteiger partial charge < -0.3 is 5.32 Å². The van der Waals surface area contributed by atoms with Crippen LogP contribution in [0.15, 0.2) is 30.3 Å². The summed E-state index contributed by atoms with van der Waals surface area (Å²) in [6.07, 6.45) is -2.82. The normalized spacial score (nSPS) is 18.5. The van der Waals surface area contributed by atoms with E-state index in [2.05, 4.69) is 11.4 Å². The Morgan fingerprint density at radius 1 is 1.38 bits per heavy atom. The molecule has 2 atom stereocenters. The van der Waals surface area contributed by atoms with Gasteiger partial charge in [-0.2, -0.15) is 18.4 Å². The van der Waals surface area contributed by atoms with Gasteiger partial charge in [-0.3, -0.25) is 9.69 Å². The second-order valence-corrected chi connectivity index (χ2v) is 6.41. The minimum Gasteiger partial charge on any atom is -0.337 e. The Labute approximate surface area is 139 Å². The molecule has 0 aliphatic heterocycles. The number of nitrogens with zero attached hydrogens (tertiary/aromatic N) is 2. The molecule has 130 valence electrons. The first-order chi connectivity index (χ1) is 11.2. The first kappa shape index (κ1) is 18.3. The van der Waals surface area contributed by atoms with E-state index in [4.69, 9.17) is 0 Å². The largest absolute Gasteiger partial charge is 0.408 e. The van der Waals surface area contributed by atoms with Gasteiger partial charge >= 0.3 is 6.18 Å². The second kappa shape index (κ2) is 6.81. The van der Waals surface area contributed by atoms with Crippen LogP contribution in [0.1, 0.15) is 31.4 Å². The zero-order valence-corrected chi connectivity index (χ0v) is 13.6. The van der Waals surface area contributed by atoms with Gasteiger partial charge in [0.25, 0.3) is 0 Å². The third-order valence-corrected chi connectivity index (χ3v) is 4.28. The van der Waals surface area contributed by atoms with E-state index in [-0.39, 0.29) is 11.5 Å². The molecule has 1 N–H and O–H groups in total. The highest BCUT2D eigenvalue weighted by atomic mass is 19.4. The summed E-state index contributed by atoms with van der Waals surface area (Å²) in [4.78, 5) is 13.1. The number of carbonyl (C=O) groups excluding carboxylic acids is 1. The molecule has 0 aromatic heterocycles. The number of hydrogen-bond acceptors (Lipinski definition) is 3. The topological polar surface area (TPSA) is 56.1 Å². The molecule has 1 aliphatic carbocycles. The molecule has 24 heavy (non-hydrogen) atoms. The van der Waals surface area contributed by atoms with E-state index in [9.17, 15) is 23.2 Å². The fourth-order valence-corrected chi connectivity index (χ4v) is 2.86. The van der Waals surface area contributed by atoms with E-state index in [0.717, 1.165) is 17.7 Å². The van der Waals surface area contributed by atoms with Crippen molar-refractivity contribution in [3.63, 3.8) is 0 Å². The summed E-state index contributed by atoms with van der Waals surface area (Å²) < 4.78 is 40.3. The molecule has 1 saturated carbocycles. The lowest BCUT2D eigenvalue weighted by molar-refractivity contribution is -0.183. The van der Waals surface area contributed by atoms with Gasteiger partial charge in [0.1, 0.15) is 11.6 Å². The van der Waals surface area contributed by atoms with Crippen molar-refractivity contribution in [3.8, 4) is 6.07 Å². The van der Waals surface area contributed by atoms with Gasteiger partial charge in [0.05, 0.1) is 12.6 Å². The van der Waals surface area contributed by atoms with Crippen molar-refractivity contribution in [1.29, 1.82) is 5.26 Å². The summed E-state index contributed by atoms with van der Waals surface area (Å²) in [6, 6.07) is 7.65. The highest BCUT2D eigenvalue weighted by Gasteiger charge is 2.45. The van der Waals surface area contributed by atoms with Crippen LogP contribution in [-0.2, 0) is 4.79 Å². The highest BCUT2D eigenvalue weighted by molar-refractivity contribution is 5.79. The Balaban J connectivity index is 2.09. The maximum atomic E-state index is 13.4. The molecular formula is C17H20F3N3O. The van der Waals surface area contributed by atoms with E-state index in [1.807, 2.05) is 0 Å². The molecule has 1 fully saturated rings. The third kappa shape index (κ3) is 4.26. The SMILES string of the molecule is CN(CC(=O)N[C@](C)(C#N)C1CC1)[C@H](c1ccccc1)C(F)(F)F. The number of nitrogens with one attached hydrogen (secondary N) is 1. The van der Waals surface area contributed by atoms with Gasteiger partial charge in [0.15, 0.2) is 0 Å². The Hall–Kier alpha value is -2.07. The molecule has 1 aliphatic rings. The number of carbonyl (C=O) groups is 1. The number of rotatable bonds is 6. The van der Waals surface area contributed by atoms with Crippen LogP contribution in [0.25, 0.3) is 0 Å². The van der Waals surface area contributed by atoms with Crippen LogP contribution in [0, 0.1) is 17.2 Å². The van der Waals surface area contributed by atoms with E-state index in [1.54, 1.807) is 13.0 Å². The number of alkyl halides is 3. The smallest absolute Gasteiger partial charge is 0.337 e. The monoisotopic (exact) mass is 339 g/mol. The lowest BCUT2D eigenvalue weighted by Crippen LogP contribution is -2.51. The van der Waals surface area contributed by atoms with Crippen LogP contribution in [0.4, 0.5) is 13.2 Å². The molecular weight excluding hydrogens is 319 g/mol. The zero-order valence-electron chi connectivity index (χ0n) is 13.6. The number of hydrogen-bond donors (Lipinski definition) is 1. The van der Waals surface area contributed by atoms with Crippen molar-refractivity contribution in [1.82, 2.24) is 10.2 Å². The van der Waals surface area contributed by atoms with Crippen molar-refractivity contribution < 1.29 is 18.0 Å². The third-order valence-electron chi connectivity index (χ3n) is 4.28. The maximum Gasteiger partial charge on any atom is 0.408 e. The lowest BCUT2D eigenvalue weighted by Gasteiger charge is -2.31. The highest BCUT2D eigenvalue weighted by Crippen LogP contribution is 2.39. The summed E-state index contributed by atoms with van der Waals surface area (Å²) in [5.41, 5.74) is -0.941. The molecule has 0 bridgehead atoms. The van der Waals surface area contributed by atoms with E-state index < -0.39 is 30.2 Å². The molecule has 0 unspecified atom stereocenters. The van der Waals surface area contributed by atoms with E-state index in [1.165, 1.54) is 31.3 Å². The molecule has 1 aromatic rings. The molecule has 0 heterocycles. The number of nitriles is 1. The summed E-state index contributed by atoms with van der Waals surface area (Å²) in [5.74, 6) is -0.511. The van der Waals surface area contributed by atoms with Crippen LogP contribution in [0.2, 0.25) is 0 Å². The molecule has 2 rings (SSSR count). The molecule has 0 spiro atoms. The fraction of sp³-hybridized carbons (Fsp3) is 0.529. The number of likely N-dealkylation sites (N-methyl/N-ethyl adjacent to an activating group) is 1. The minimum absolute atomic E-state index is 0.0734. The average Bonchev–Trinajstić information content (AvgIpc) is 3.31. The molecule has 0 saturated heterocycles. The predicted molar refractivity (Wildman–Crippen MR) is 82.8 cm³/mol. The summed E-state index contributed by atoms with van der Waals surface area (Å²) in [5, 5.41) is 11.8. The van der Waals surface area contributed by atoms with Gasteiger partial charge in [-0.25, -0.2) is 0 Å². The number of halogens is 3. The van der Waals surface area contributed by atoms with Crippen LogP contribution in [0.5, 0.6) is 0 Å². The summed E-state index contributed by atoms with van der Waals surface area (Å²) in [7, 11) is 1.26. The van der Waals surface area contributed by atoms with Crippen molar-refractivity contribution in [2.45, 2.75) is 37.5 Å².